The number of carbonyl (C=O) groups is 1. The number of amides is 1. The van der Waals surface area contributed by atoms with Crippen molar-refractivity contribution >= 4 is 11.6 Å². The fraction of sp³-hybridized carbons (Fsp3) is 0.417. The van der Waals surface area contributed by atoms with E-state index in [2.05, 4.69) is 5.32 Å². The zero-order chi connectivity index (χ0) is 12.0. The molecule has 0 heterocycles. The molecule has 0 saturated heterocycles. The maximum Gasteiger partial charge on any atom is 0.251 e. The average Bonchev–Trinajstić information content (AvgIpc) is 2.24. The van der Waals surface area contributed by atoms with E-state index >= 15 is 0 Å². The molecule has 0 fully saturated rings. The predicted molar refractivity (Wildman–Crippen MR) is 64.2 cm³/mol. The molecule has 16 heavy (non-hydrogen) atoms. The highest BCUT2D eigenvalue weighted by Gasteiger charge is 2.07. The largest absolute Gasteiger partial charge is 0.399 e. The second kappa shape index (κ2) is 6.12. The van der Waals surface area contributed by atoms with E-state index in [0.717, 1.165) is 12.0 Å². The Morgan fingerprint density at radius 1 is 1.44 bits per heavy atom. The fourth-order valence-electron chi connectivity index (χ4n) is 1.48. The molecule has 1 amide bonds. The second-order valence-electron chi connectivity index (χ2n) is 3.76. The SMILES string of the molecule is Cc1cc(N)ccc1C(=O)NCCCCO. The summed E-state index contributed by atoms with van der Waals surface area (Å²) in [5.41, 5.74) is 7.80. The van der Waals surface area contributed by atoms with Crippen LogP contribution in [-0.2, 0) is 0 Å². The molecule has 0 atom stereocenters. The molecular formula is C12H18N2O2. The number of unbranched alkanes of at least 4 members (excludes halogenated alkanes) is 1. The highest BCUT2D eigenvalue weighted by atomic mass is 16.2. The number of nitrogens with one attached hydrogen (secondary N) is 1. The lowest BCUT2D eigenvalue weighted by Crippen LogP contribution is -2.25. The summed E-state index contributed by atoms with van der Waals surface area (Å²) in [5.74, 6) is -0.0876. The molecule has 0 radical (unpaired) electrons. The van der Waals surface area contributed by atoms with Crippen molar-refractivity contribution in [2.45, 2.75) is 19.8 Å². The van der Waals surface area contributed by atoms with E-state index in [9.17, 15) is 4.79 Å². The van der Waals surface area contributed by atoms with Crippen molar-refractivity contribution in [2.24, 2.45) is 0 Å². The first-order valence-corrected chi connectivity index (χ1v) is 5.40. The van der Waals surface area contributed by atoms with Crippen LogP contribution in [0.5, 0.6) is 0 Å². The number of anilines is 1. The number of hydrogen-bond acceptors (Lipinski definition) is 3. The van der Waals surface area contributed by atoms with E-state index in [4.69, 9.17) is 10.8 Å². The van der Waals surface area contributed by atoms with Gasteiger partial charge in [0.2, 0.25) is 0 Å². The van der Waals surface area contributed by atoms with Gasteiger partial charge in [-0.25, -0.2) is 0 Å². The molecule has 0 spiro atoms. The quantitative estimate of drug-likeness (QED) is 0.515. The third kappa shape index (κ3) is 3.55. The maximum absolute atomic E-state index is 11.7. The summed E-state index contributed by atoms with van der Waals surface area (Å²) in [5, 5.41) is 11.4. The number of aliphatic hydroxyl groups excluding tert-OH is 1. The van der Waals surface area contributed by atoms with E-state index in [1.807, 2.05) is 6.92 Å². The molecule has 0 aliphatic carbocycles. The molecule has 1 aromatic carbocycles. The lowest BCUT2D eigenvalue weighted by atomic mass is 10.1. The smallest absolute Gasteiger partial charge is 0.251 e. The molecule has 1 aromatic rings. The molecule has 0 aromatic heterocycles. The monoisotopic (exact) mass is 222 g/mol. The van der Waals surface area contributed by atoms with E-state index < -0.39 is 0 Å². The summed E-state index contributed by atoms with van der Waals surface area (Å²) in [7, 11) is 0. The van der Waals surface area contributed by atoms with Gasteiger partial charge in [-0.3, -0.25) is 4.79 Å². The topological polar surface area (TPSA) is 75.4 Å². The van der Waals surface area contributed by atoms with Crippen molar-refractivity contribution in [1.82, 2.24) is 5.32 Å². The Bertz CT molecular complexity index is 364. The Labute approximate surface area is 95.5 Å². The van der Waals surface area contributed by atoms with Crippen molar-refractivity contribution in [3.8, 4) is 0 Å². The van der Waals surface area contributed by atoms with Crippen LogP contribution in [0.25, 0.3) is 0 Å². The summed E-state index contributed by atoms with van der Waals surface area (Å²) in [6.07, 6.45) is 1.50. The molecular weight excluding hydrogens is 204 g/mol. The minimum absolute atomic E-state index is 0.0876. The maximum atomic E-state index is 11.7. The van der Waals surface area contributed by atoms with Crippen LogP contribution in [0.4, 0.5) is 5.69 Å². The number of benzene rings is 1. The van der Waals surface area contributed by atoms with Gasteiger partial charge in [0.25, 0.3) is 5.91 Å². The van der Waals surface area contributed by atoms with Gasteiger partial charge >= 0.3 is 0 Å². The molecule has 4 heteroatoms. The lowest BCUT2D eigenvalue weighted by molar-refractivity contribution is 0.0951. The minimum atomic E-state index is -0.0876. The molecule has 4 nitrogen and oxygen atoms in total. The zero-order valence-corrected chi connectivity index (χ0v) is 9.49. The Hall–Kier alpha value is -1.55. The molecule has 0 aliphatic rings. The Morgan fingerprint density at radius 3 is 2.81 bits per heavy atom. The van der Waals surface area contributed by atoms with Gasteiger partial charge in [0.05, 0.1) is 0 Å². The predicted octanol–water partition coefficient (Wildman–Crippen LogP) is 1.08. The standard InChI is InChI=1S/C12H18N2O2/c1-9-8-10(13)4-5-11(9)12(16)14-6-2-3-7-15/h4-5,8,15H,2-3,6-7,13H2,1H3,(H,14,16). The fourth-order valence-corrected chi connectivity index (χ4v) is 1.48. The molecule has 4 N–H and O–H groups in total. The van der Waals surface area contributed by atoms with Crippen molar-refractivity contribution < 1.29 is 9.90 Å². The second-order valence-corrected chi connectivity index (χ2v) is 3.76. The lowest BCUT2D eigenvalue weighted by Gasteiger charge is -2.07. The van der Waals surface area contributed by atoms with Gasteiger partial charge in [0, 0.05) is 24.4 Å². The highest BCUT2D eigenvalue weighted by Crippen LogP contribution is 2.12. The first-order chi connectivity index (χ1) is 7.65. The Balaban J connectivity index is 2.53. The van der Waals surface area contributed by atoms with Crippen molar-refractivity contribution in [2.75, 3.05) is 18.9 Å². The van der Waals surface area contributed by atoms with Gasteiger partial charge in [0.15, 0.2) is 0 Å². The molecule has 0 saturated carbocycles. The Morgan fingerprint density at radius 2 is 2.19 bits per heavy atom. The highest BCUT2D eigenvalue weighted by molar-refractivity contribution is 5.95. The first kappa shape index (κ1) is 12.5. The van der Waals surface area contributed by atoms with Crippen LogP contribution in [0, 0.1) is 6.92 Å². The summed E-state index contributed by atoms with van der Waals surface area (Å²) < 4.78 is 0. The normalized spacial score (nSPS) is 10.1. The number of aryl methyl sites for hydroxylation is 1. The van der Waals surface area contributed by atoms with Crippen LogP contribution < -0.4 is 11.1 Å². The number of rotatable bonds is 5. The zero-order valence-electron chi connectivity index (χ0n) is 9.49. The van der Waals surface area contributed by atoms with Crippen molar-refractivity contribution in [1.29, 1.82) is 0 Å². The van der Waals surface area contributed by atoms with E-state index in [0.29, 0.717) is 24.2 Å². The van der Waals surface area contributed by atoms with Gasteiger partial charge in [0.1, 0.15) is 0 Å². The van der Waals surface area contributed by atoms with Gasteiger partial charge < -0.3 is 16.2 Å². The number of hydrogen-bond donors (Lipinski definition) is 3. The summed E-state index contributed by atoms with van der Waals surface area (Å²) in [6, 6.07) is 5.23. The average molecular weight is 222 g/mol. The van der Waals surface area contributed by atoms with Crippen molar-refractivity contribution in [3.05, 3.63) is 29.3 Å². The van der Waals surface area contributed by atoms with E-state index in [1.54, 1.807) is 18.2 Å². The number of nitrogen functional groups attached to an aromatic ring is 1. The number of aliphatic hydroxyl groups is 1. The van der Waals surface area contributed by atoms with E-state index in [1.165, 1.54) is 0 Å². The van der Waals surface area contributed by atoms with Crippen LogP contribution in [0.15, 0.2) is 18.2 Å². The van der Waals surface area contributed by atoms with Crippen LogP contribution in [0.2, 0.25) is 0 Å². The van der Waals surface area contributed by atoms with Crippen LogP contribution in [0.1, 0.15) is 28.8 Å². The van der Waals surface area contributed by atoms with Gasteiger partial charge in [-0.15, -0.1) is 0 Å². The van der Waals surface area contributed by atoms with E-state index in [-0.39, 0.29) is 12.5 Å². The van der Waals surface area contributed by atoms with Crippen LogP contribution in [-0.4, -0.2) is 24.2 Å². The third-order valence-electron chi connectivity index (χ3n) is 2.37. The summed E-state index contributed by atoms with van der Waals surface area (Å²) >= 11 is 0. The van der Waals surface area contributed by atoms with Crippen LogP contribution >= 0.6 is 0 Å². The van der Waals surface area contributed by atoms with Crippen LogP contribution in [0.3, 0.4) is 0 Å². The summed E-state index contributed by atoms with van der Waals surface area (Å²) in [6.45, 7) is 2.61. The molecule has 0 aliphatic heterocycles. The molecule has 0 bridgehead atoms. The third-order valence-corrected chi connectivity index (χ3v) is 2.37. The first-order valence-electron chi connectivity index (χ1n) is 5.40. The number of carbonyl (C=O) groups excluding carboxylic acids is 1. The molecule has 88 valence electrons. The Kier molecular flexibility index (Phi) is 4.79. The molecule has 1 rings (SSSR count). The van der Waals surface area contributed by atoms with Gasteiger partial charge in [-0.1, -0.05) is 0 Å². The number of nitrogens with two attached hydrogens (primary N) is 1. The minimum Gasteiger partial charge on any atom is -0.399 e. The van der Waals surface area contributed by atoms with Gasteiger partial charge in [-0.05, 0) is 43.5 Å². The summed E-state index contributed by atoms with van der Waals surface area (Å²) in [4.78, 5) is 11.7. The van der Waals surface area contributed by atoms with Gasteiger partial charge in [-0.2, -0.15) is 0 Å². The van der Waals surface area contributed by atoms with Crippen molar-refractivity contribution in [3.63, 3.8) is 0 Å². The molecule has 0 unspecified atom stereocenters.